The monoisotopic (exact) mass is 500 g/mol. The molecular formula is C20H12Cl4N2O3S. The normalized spacial score (nSPS) is 10.9. The van der Waals surface area contributed by atoms with E-state index in [1.165, 1.54) is 24.3 Å². The summed E-state index contributed by atoms with van der Waals surface area (Å²) in [7, 11) is 0. The minimum atomic E-state index is -0.479. The second-order valence-electron chi connectivity index (χ2n) is 5.93. The van der Waals surface area contributed by atoms with Gasteiger partial charge in [-0.05, 0) is 60.8 Å². The molecule has 0 unspecified atom stereocenters. The maximum absolute atomic E-state index is 12.1. The largest absolute Gasteiger partial charge is 0.505 e. The van der Waals surface area contributed by atoms with Crippen LogP contribution in [-0.4, -0.2) is 16.1 Å². The summed E-state index contributed by atoms with van der Waals surface area (Å²) < 4.78 is 5.68. The number of thiocarbonyl (C=S) groups is 1. The number of benzene rings is 2. The Labute approximate surface area is 197 Å². The van der Waals surface area contributed by atoms with Gasteiger partial charge in [0.05, 0.1) is 10.0 Å². The Morgan fingerprint density at radius 2 is 1.63 bits per heavy atom. The Balaban J connectivity index is 1.61. The number of nitrogens with one attached hydrogen (secondary N) is 2. The van der Waals surface area contributed by atoms with Crippen molar-refractivity contribution >= 4 is 81.4 Å². The molecule has 0 aliphatic heterocycles. The fourth-order valence-electron chi connectivity index (χ4n) is 2.41. The highest BCUT2D eigenvalue weighted by molar-refractivity contribution is 7.80. The summed E-state index contributed by atoms with van der Waals surface area (Å²) >= 11 is 28.8. The summed E-state index contributed by atoms with van der Waals surface area (Å²) in [6.07, 6.45) is 2.75. The van der Waals surface area contributed by atoms with Crippen LogP contribution in [0.2, 0.25) is 20.1 Å². The van der Waals surface area contributed by atoms with Crippen LogP contribution in [0.1, 0.15) is 5.76 Å². The van der Waals surface area contributed by atoms with Gasteiger partial charge in [-0.2, -0.15) is 0 Å². The number of amides is 1. The van der Waals surface area contributed by atoms with E-state index in [2.05, 4.69) is 10.6 Å². The Morgan fingerprint density at radius 1 is 1.00 bits per heavy atom. The lowest BCUT2D eigenvalue weighted by atomic mass is 10.2. The van der Waals surface area contributed by atoms with Crippen LogP contribution < -0.4 is 10.6 Å². The van der Waals surface area contributed by atoms with Crippen LogP contribution >= 0.6 is 58.6 Å². The smallest absolute Gasteiger partial charge is 0.250 e. The van der Waals surface area contributed by atoms with Crippen LogP contribution in [0.4, 0.5) is 5.69 Å². The van der Waals surface area contributed by atoms with Gasteiger partial charge in [0.1, 0.15) is 11.5 Å². The maximum Gasteiger partial charge on any atom is 0.250 e. The van der Waals surface area contributed by atoms with Gasteiger partial charge in [-0.3, -0.25) is 10.1 Å². The zero-order chi connectivity index (χ0) is 21.8. The van der Waals surface area contributed by atoms with Crippen molar-refractivity contribution in [1.29, 1.82) is 0 Å². The molecule has 10 heteroatoms. The molecule has 2 aromatic carbocycles. The van der Waals surface area contributed by atoms with E-state index < -0.39 is 5.91 Å². The number of hydrogen-bond donors (Lipinski definition) is 3. The van der Waals surface area contributed by atoms with Crippen molar-refractivity contribution in [3.05, 3.63) is 74.4 Å². The van der Waals surface area contributed by atoms with E-state index in [-0.39, 0.29) is 20.9 Å². The first-order valence-electron chi connectivity index (χ1n) is 8.25. The Kier molecular flexibility index (Phi) is 7.28. The molecule has 3 N–H and O–H groups in total. The molecule has 5 nitrogen and oxygen atoms in total. The number of carbonyl (C=O) groups is 1. The molecule has 0 aliphatic carbocycles. The molecule has 0 aliphatic rings. The molecule has 0 saturated heterocycles. The van der Waals surface area contributed by atoms with Crippen LogP contribution in [0.5, 0.6) is 5.75 Å². The Morgan fingerprint density at radius 3 is 2.27 bits per heavy atom. The van der Waals surface area contributed by atoms with E-state index in [1.54, 1.807) is 30.3 Å². The number of aromatic hydroxyl groups is 1. The zero-order valence-corrected chi connectivity index (χ0v) is 18.7. The maximum atomic E-state index is 12.1. The van der Waals surface area contributed by atoms with Crippen LogP contribution in [0, 0.1) is 0 Å². The fourth-order valence-corrected chi connectivity index (χ4v) is 3.64. The summed E-state index contributed by atoms with van der Waals surface area (Å²) in [5.41, 5.74) is 1.13. The van der Waals surface area contributed by atoms with Crippen LogP contribution in [-0.2, 0) is 4.79 Å². The SMILES string of the molecule is O=C(/C=C/c1ccc(-c2cc(Cl)cc(Cl)c2)o1)NC(=S)Nc1cc(Cl)c(O)c(Cl)c1. The van der Waals surface area contributed by atoms with E-state index in [4.69, 9.17) is 63.0 Å². The van der Waals surface area contributed by atoms with Crippen molar-refractivity contribution in [2.45, 2.75) is 0 Å². The van der Waals surface area contributed by atoms with Gasteiger partial charge in [0.25, 0.3) is 0 Å². The molecule has 0 fully saturated rings. The number of rotatable bonds is 4. The van der Waals surface area contributed by atoms with Gasteiger partial charge in [0, 0.05) is 27.4 Å². The Hall–Kier alpha value is -2.22. The number of halogens is 4. The zero-order valence-electron chi connectivity index (χ0n) is 14.9. The van der Waals surface area contributed by atoms with Gasteiger partial charge >= 0.3 is 0 Å². The molecule has 1 amide bonds. The highest BCUT2D eigenvalue weighted by Gasteiger charge is 2.09. The van der Waals surface area contributed by atoms with Gasteiger partial charge in [0.2, 0.25) is 5.91 Å². The number of hydrogen-bond acceptors (Lipinski definition) is 4. The van der Waals surface area contributed by atoms with E-state index in [9.17, 15) is 9.90 Å². The van der Waals surface area contributed by atoms with Gasteiger partial charge in [0.15, 0.2) is 10.9 Å². The predicted octanol–water partition coefficient (Wildman–Crippen LogP) is 6.79. The first-order valence-corrected chi connectivity index (χ1v) is 10.2. The third-order valence-corrected chi connectivity index (χ3v) is 4.90. The molecule has 30 heavy (non-hydrogen) atoms. The van der Waals surface area contributed by atoms with Crippen molar-refractivity contribution in [2.24, 2.45) is 0 Å². The molecular weight excluding hydrogens is 490 g/mol. The number of anilines is 1. The quantitative estimate of drug-likeness (QED) is 0.208. The van der Waals surface area contributed by atoms with Crippen molar-refractivity contribution < 1.29 is 14.3 Å². The first kappa shape index (κ1) is 22.5. The van der Waals surface area contributed by atoms with E-state index in [0.717, 1.165) is 0 Å². The lowest BCUT2D eigenvalue weighted by molar-refractivity contribution is -0.115. The van der Waals surface area contributed by atoms with Gasteiger partial charge in [-0.15, -0.1) is 0 Å². The molecule has 0 saturated carbocycles. The summed E-state index contributed by atoms with van der Waals surface area (Å²) in [5, 5.41) is 15.9. The van der Waals surface area contributed by atoms with Crippen molar-refractivity contribution in [3.63, 3.8) is 0 Å². The molecule has 154 valence electrons. The summed E-state index contributed by atoms with van der Waals surface area (Å²) in [6.45, 7) is 0. The van der Waals surface area contributed by atoms with Crippen molar-refractivity contribution in [3.8, 4) is 17.1 Å². The van der Waals surface area contributed by atoms with Crippen molar-refractivity contribution in [2.75, 3.05) is 5.32 Å². The molecule has 0 atom stereocenters. The average Bonchev–Trinajstić information content (AvgIpc) is 3.12. The van der Waals surface area contributed by atoms with E-state index in [1.807, 2.05) is 0 Å². The highest BCUT2D eigenvalue weighted by atomic mass is 35.5. The molecule has 3 aromatic rings. The van der Waals surface area contributed by atoms with Crippen LogP contribution in [0.15, 0.2) is 53.0 Å². The fraction of sp³-hybridized carbons (Fsp3) is 0. The molecule has 1 aromatic heterocycles. The Bertz CT molecular complexity index is 1120. The lowest BCUT2D eigenvalue weighted by Gasteiger charge is -2.10. The number of phenolic OH excluding ortho intramolecular Hbond substituents is 1. The second-order valence-corrected chi connectivity index (χ2v) is 8.02. The van der Waals surface area contributed by atoms with Gasteiger partial charge in [-0.1, -0.05) is 46.4 Å². The molecule has 0 radical (unpaired) electrons. The number of phenols is 1. The molecule has 0 bridgehead atoms. The minimum absolute atomic E-state index is 0.0242. The molecule has 3 rings (SSSR count). The average molecular weight is 502 g/mol. The summed E-state index contributed by atoms with van der Waals surface area (Å²) in [5.74, 6) is 0.289. The number of carbonyl (C=O) groups excluding carboxylic acids is 1. The standard InChI is InChI=1S/C20H12Cl4N2O3S/c21-11-5-10(6-12(22)7-11)17-3-1-14(29-17)2-4-18(27)26-20(30)25-13-8-15(23)19(28)16(24)9-13/h1-9,28H,(H2,25,26,27,30)/b4-2+. The lowest BCUT2D eigenvalue weighted by Crippen LogP contribution is -2.32. The first-order chi connectivity index (χ1) is 14.2. The van der Waals surface area contributed by atoms with Crippen LogP contribution in [0.3, 0.4) is 0 Å². The third-order valence-electron chi connectivity index (χ3n) is 3.68. The summed E-state index contributed by atoms with van der Waals surface area (Å²) in [6, 6.07) is 11.3. The van der Waals surface area contributed by atoms with Crippen molar-refractivity contribution in [1.82, 2.24) is 5.32 Å². The summed E-state index contributed by atoms with van der Waals surface area (Å²) in [4.78, 5) is 12.1. The van der Waals surface area contributed by atoms with E-state index in [0.29, 0.717) is 32.8 Å². The van der Waals surface area contributed by atoms with E-state index >= 15 is 0 Å². The topological polar surface area (TPSA) is 74.5 Å². The molecule has 1 heterocycles. The van der Waals surface area contributed by atoms with Gasteiger partial charge < -0.3 is 14.8 Å². The second kappa shape index (κ2) is 9.73. The van der Waals surface area contributed by atoms with Gasteiger partial charge in [-0.25, -0.2) is 0 Å². The predicted molar refractivity (Wildman–Crippen MR) is 126 cm³/mol. The molecule has 0 spiro atoms. The highest BCUT2D eigenvalue weighted by Crippen LogP contribution is 2.34. The number of furan rings is 1. The van der Waals surface area contributed by atoms with Crippen LogP contribution in [0.25, 0.3) is 17.4 Å². The third kappa shape index (κ3) is 5.90. The minimum Gasteiger partial charge on any atom is -0.505 e.